The van der Waals surface area contributed by atoms with Crippen molar-refractivity contribution in [3.8, 4) is 22.5 Å². The first-order chi connectivity index (χ1) is 11.6. The van der Waals surface area contributed by atoms with Gasteiger partial charge in [0.05, 0.1) is 0 Å². The van der Waals surface area contributed by atoms with Crippen LogP contribution >= 0.6 is 0 Å². The average Bonchev–Trinajstić information content (AvgIpc) is 2.60. The first kappa shape index (κ1) is 15.9. The molecule has 0 bridgehead atoms. The third-order valence-electron chi connectivity index (χ3n) is 4.00. The summed E-state index contributed by atoms with van der Waals surface area (Å²) < 4.78 is 1.41. The van der Waals surface area contributed by atoms with Crippen LogP contribution < -0.4 is 17.0 Å². The lowest BCUT2D eigenvalue weighted by Crippen LogP contribution is -2.26. The molecular weight excluding hydrogens is 302 g/mol. The number of hydrazine groups is 1. The molecule has 0 radical (unpaired) electrons. The second-order valence-electron chi connectivity index (χ2n) is 5.44. The van der Waals surface area contributed by atoms with Gasteiger partial charge in [0.2, 0.25) is 5.95 Å². The van der Waals surface area contributed by atoms with E-state index in [4.69, 9.17) is 5.84 Å². The number of nitrogens with zero attached hydrogens (tertiary/aromatic N) is 3. The lowest BCUT2D eigenvalue weighted by molar-refractivity contribution is 0.783. The molecule has 6 nitrogen and oxygen atoms in total. The third kappa shape index (κ3) is 2.91. The highest BCUT2D eigenvalue weighted by molar-refractivity contribution is 5.75. The average molecular weight is 321 g/mol. The molecule has 0 spiro atoms. The first-order valence-electron chi connectivity index (χ1n) is 7.74. The quantitative estimate of drug-likeness (QED) is 0.447. The fourth-order valence-corrected chi connectivity index (χ4v) is 2.47. The number of hydrogen-bond acceptors (Lipinski definition) is 5. The van der Waals surface area contributed by atoms with Gasteiger partial charge in [-0.1, -0.05) is 55.5 Å². The van der Waals surface area contributed by atoms with Gasteiger partial charge in [0.1, 0.15) is 5.82 Å². The van der Waals surface area contributed by atoms with Crippen LogP contribution in [0.15, 0.2) is 53.3 Å². The van der Waals surface area contributed by atoms with E-state index in [0.717, 1.165) is 17.5 Å². The van der Waals surface area contributed by atoms with Gasteiger partial charge < -0.3 is 0 Å². The molecule has 1 heterocycles. The maximum absolute atomic E-state index is 11.7. The molecule has 1 aromatic carbocycles. The Bertz CT molecular complexity index is 894. The summed E-state index contributed by atoms with van der Waals surface area (Å²) in [4.78, 5) is 19.6. The van der Waals surface area contributed by atoms with E-state index >= 15 is 0 Å². The van der Waals surface area contributed by atoms with E-state index in [2.05, 4.69) is 46.6 Å². The van der Waals surface area contributed by atoms with Crippen LogP contribution in [0.25, 0.3) is 22.5 Å². The highest BCUT2D eigenvalue weighted by Crippen LogP contribution is 2.29. The summed E-state index contributed by atoms with van der Waals surface area (Å²) >= 11 is 0. The molecule has 0 aliphatic heterocycles. The van der Waals surface area contributed by atoms with E-state index in [1.165, 1.54) is 15.7 Å². The zero-order valence-corrected chi connectivity index (χ0v) is 13.7. The van der Waals surface area contributed by atoms with Crippen LogP contribution in [0.4, 0.5) is 5.95 Å². The van der Waals surface area contributed by atoms with E-state index in [1.807, 2.05) is 24.3 Å². The standard InChI is InChI=1S/C12H15N5O.C6H4/c1-3-8-6-4-5-7-9(8)10-14-11(16-13)15-12(18)17(10)2;1-2-6-4-3-5(1)6/h4-7H,3,13H2,1-2H3,(H,15,16,18);1-4H. The first-order valence-corrected chi connectivity index (χ1v) is 7.74. The molecule has 4 rings (SSSR count). The Labute approximate surface area is 140 Å². The minimum absolute atomic E-state index is 0.124. The van der Waals surface area contributed by atoms with Crippen LogP contribution in [0.2, 0.25) is 0 Å². The molecule has 2 aromatic rings. The fourth-order valence-electron chi connectivity index (χ4n) is 2.47. The normalized spacial score (nSPS) is 10.6. The smallest absolute Gasteiger partial charge is 0.292 e. The van der Waals surface area contributed by atoms with E-state index in [-0.39, 0.29) is 11.6 Å². The van der Waals surface area contributed by atoms with E-state index < -0.39 is 0 Å². The van der Waals surface area contributed by atoms with Gasteiger partial charge >= 0.3 is 5.69 Å². The maximum Gasteiger partial charge on any atom is 0.352 e. The molecule has 0 saturated carbocycles. The van der Waals surface area contributed by atoms with Crippen LogP contribution in [-0.4, -0.2) is 14.5 Å². The Hall–Kier alpha value is -2.99. The molecule has 2 aliphatic rings. The number of nitrogens with one attached hydrogen (secondary N) is 1. The SMILES string of the molecule is CCc1ccccc1-c1nc(NN)nc(=O)n1C.c1cc2ccc1-2. The van der Waals surface area contributed by atoms with E-state index in [0.29, 0.717) is 5.82 Å². The van der Waals surface area contributed by atoms with Gasteiger partial charge in [-0.15, -0.1) is 0 Å². The number of fused-ring (bicyclic) bond motifs is 1. The molecule has 0 unspecified atom stereocenters. The second-order valence-corrected chi connectivity index (χ2v) is 5.44. The van der Waals surface area contributed by atoms with Crippen LogP contribution in [0.5, 0.6) is 0 Å². The number of benzene rings is 2. The topological polar surface area (TPSA) is 85.8 Å². The zero-order valence-electron chi connectivity index (χ0n) is 13.7. The van der Waals surface area contributed by atoms with E-state index in [1.54, 1.807) is 7.05 Å². The highest BCUT2D eigenvalue weighted by atomic mass is 16.1. The molecule has 24 heavy (non-hydrogen) atoms. The number of hydrogen-bond donors (Lipinski definition) is 2. The van der Waals surface area contributed by atoms with Gasteiger partial charge in [-0.3, -0.25) is 9.99 Å². The number of rotatable bonds is 3. The van der Waals surface area contributed by atoms with Crippen LogP contribution in [0.1, 0.15) is 12.5 Å². The molecule has 0 fully saturated rings. The molecule has 2 aliphatic carbocycles. The third-order valence-corrected chi connectivity index (χ3v) is 4.00. The lowest BCUT2D eigenvalue weighted by atomic mass is 9.95. The summed E-state index contributed by atoms with van der Waals surface area (Å²) in [6.45, 7) is 2.06. The van der Waals surface area contributed by atoms with Gasteiger partial charge in [0.25, 0.3) is 0 Å². The Balaban J connectivity index is 0.000000231. The molecule has 3 N–H and O–H groups in total. The van der Waals surface area contributed by atoms with Gasteiger partial charge in [-0.2, -0.15) is 9.97 Å². The highest BCUT2D eigenvalue weighted by Gasteiger charge is 2.11. The number of aryl methyl sites for hydroxylation is 1. The zero-order chi connectivity index (χ0) is 17.1. The minimum Gasteiger partial charge on any atom is -0.292 e. The lowest BCUT2D eigenvalue weighted by Gasteiger charge is -2.11. The van der Waals surface area contributed by atoms with Crippen LogP contribution in [-0.2, 0) is 13.5 Å². The fraction of sp³-hybridized carbons (Fsp3) is 0.167. The minimum atomic E-state index is -0.390. The molecule has 6 heteroatoms. The van der Waals surface area contributed by atoms with Crippen molar-refractivity contribution < 1.29 is 0 Å². The van der Waals surface area contributed by atoms with Crippen molar-refractivity contribution in [3.63, 3.8) is 0 Å². The number of nitrogen functional groups attached to an aromatic ring is 1. The van der Waals surface area contributed by atoms with Crippen molar-refractivity contribution in [2.45, 2.75) is 13.3 Å². The Morgan fingerprint density at radius 1 is 1.04 bits per heavy atom. The summed E-state index contributed by atoms with van der Waals surface area (Å²) in [5, 5.41) is 0. The second kappa shape index (κ2) is 6.64. The molecule has 122 valence electrons. The summed E-state index contributed by atoms with van der Waals surface area (Å²) in [6, 6.07) is 16.3. The van der Waals surface area contributed by atoms with E-state index in [9.17, 15) is 4.79 Å². The summed E-state index contributed by atoms with van der Waals surface area (Å²) in [6.07, 6.45) is 0.861. The number of aromatic nitrogens is 3. The Morgan fingerprint density at radius 3 is 2.17 bits per heavy atom. The predicted octanol–water partition coefficient (Wildman–Crippen LogP) is 2.36. The van der Waals surface area contributed by atoms with Crippen LogP contribution in [0.3, 0.4) is 0 Å². The predicted molar refractivity (Wildman–Crippen MR) is 95.3 cm³/mol. The summed E-state index contributed by atoms with van der Waals surface area (Å²) in [5.41, 5.74) is 6.80. The van der Waals surface area contributed by atoms with Gasteiger partial charge in [-0.25, -0.2) is 10.6 Å². The monoisotopic (exact) mass is 321 g/mol. The largest absolute Gasteiger partial charge is 0.352 e. The molecule has 0 atom stereocenters. The summed E-state index contributed by atoms with van der Waals surface area (Å²) in [5.74, 6) is 5.94. The van der Waals surface area contributed by atoms with Crippen molar-refractivity contribution in [2.24, 2.45) is 12.9 Å². The molecular formula is C18H19N5O. The van der Waals surface area contributed by atoms with Crippen molar-refractivity contribution in [1.29, 1.82) is 0 Å². The van der Waals surface area contributed by atoms with Gasteiger partial charge in [-0.05, 0) is 23.1 Å². The maximum atomic E-state index is 11.7. The van der Waals surface area contributed by atoms with Crippen molar-refractivity contribution in [3.05, 3.63) is 64.6 Å². The van der Waals surface area contributed by atoms with Crippen molar-refractivity contribution in [2.75, 3.05) is 5.43 Å². The van der Waals surface area contributed by atoms with Gasteiger partial charge in [0.15, 0.2) is 0 Å². The van der Waals surface area contributed by atoms with Crippen molar-refractivity contribution in [1.82, 2.24) is 14.5 Å². The van der Waals surface area contributed by atoms with Crippen LogP contribution in [0, 0.1) is 0 Å². The molecule has 1 aromatic heterocycles. The van der Waals surface area contributed by atoms with Gasteiger partial charge in [0, 0.05) is 12.6 Å². The number of nitrogens with two attached hydrogens (primary N) is 1. The molecule has 0 amide bonds. The number of anilines is 1. The Morgan fingerprint density at radius 2 is 1.67 bits per heavy atom. The molecule has 0 saturated heterocycles. The van der Waals surface area contributed by atoms with Crippen molar-refractivity contribution >= 4 is 5.95 Å². The summed E-state index contributed by atoms with van der Waals surface area (Å²) in [7, 11) is 1.64. The Kier molecular flexibility index (Phi) is 4.39.